The van der Waals surface area contributed by atoms with Crippen LogP contribution in [-0.4, -0.2) is 51.3 Å². The molecule has 31 heavy (non-hydrogen) atoms. The van der Waals surface area contributed by atoms with Crippen LogP contribution in [0, 0.1) is 0 Å². The molecule has 0 saturated carbocycles. The summed E-state index contributed by atoms with van der Waals surface area (Å²) in [6, 6.07) is 16.1. The van der Waals surface area contributed by atoms with Crippen LogP contribution in [0.4, 0.5) is 0 Å². The number of para-hydroxylation sites is 1. The van der Waals surface area contributed by atoms with Crippen molar-refractivity contribution in [3.8, 4) is 16.2 Å². The molecular formula is C24H22N4O2S. The highest BCUT2D eigenvalue weighted by molar-refractivity contribution is 7.17. The third kappa shape index (κ3) is 3.40. The van der Waals surface area contributed by atoms with Gasteiger partial charge in [0.15, 0.2) is 0 Å². The van der Waals surface area contributed by atoms with Gasteiger partial charge >= 0.3 is 0 Å². The first-order valence-corrected chi connectivity index (χ1v) is 11.4. The number of nitrogens with zero attached hydrogens (tertiary/aromatic N) is 4. The smallest absolute Gasteiger partial charge is 0.264 e. The van der Waals surface area contributed by atoms with E-state index in [9.17, 15) is 4.79 Å². The Morgan fingerprint density at radius 1 is 1.06 bits per heavy atom. The van der Waals surface area contributed by atoms with Gasteiger partial charge in [-0.05, 0) is 30.3 Å². The highest BCUT2D eigenvalue weighted by Crippen LogP contribution is 2.42. The summed E-state index contributed by atoms with van der Waals surface area (Å²) in [5.74, 6) is 1.03. The summed E-state index contributed by atoms with van der Waals surface area (Å²) >= 11 is 1.59. The fourth-order valence-electron chi connectivity index (χ4n) is 4.36. The van der Waals surface area contributed by atoms with Crippen molar-refractivity contribution in [1.82, 2.24) is 19.2 Å². The van der Waals surface area contributed by atoms with Crippen LogP contribution in [0.25, 0.3) is 16.1 Å². The average molecular weight is 431 g/mol. The zero-order valence-corrected chi connectivity index (χ0v) is 17.8. The second kappa shape index (κ2) is 7.51. The van der Waals surface area contributed by atoms with Gasteiger partial charge in [-0.15, -0.1) is 11.3 Å². The number of hydrogen-bond acceptors (Lipinski definition) is 5. The van der Waals surface area contributed by atoms with Crippen LogP contribution in [0.2, 0.25) is 0 Å². The van der Waals surface area contributed by atoms with Crippen molar-refractivity contribution in [3.63, 3.8) is 0 Å². The fourth-order valence-corrected chi connectivity index (χ4v) is 5.53. The lowest BCUT2D eigenvalue weighted by atomic mass is 10.1. The summed E-state index contributed by atoms with van der Waals surface area (Å²) in [6.45, 7) is 4.53. The molecule has 0 spiro atoms. The molecule has 0 bridgehead atoms. The standard InChI is InChI=1S/C24H22N4O2S/c29-24(21-13-17-16-30-20-6-2-1-5-19(20)23(17)31-21)27-11-9-26(10-12-27)14-18-15-28-8-4-3-7-22(28)25-18/h1-8,13,15H,9-12,14,16H2. The lowest BCUT2D eigenvalue weighted by molar-refractivity contribution is 0.0632. The number of fused-ring (bicyclic) bond motifs is 4. The Bertz CT molecular complexity index is 1240. The number of carbonyl (C=O) groups excluding carboxylic acids is 1. The lowest BCUT2D eigenvalue weighted by Gasteiger charge is -2.34. The van der Waals surface area contributed by atoms with E-state index in [-0.39, 0.29) is 5.91 Å². The van der Waals surface area contributed by atoms with Gasteiger partial charge in [0.1, 0.15) is 18.0 Å². The molecule has 0 unspecified atom stereocenters. The Hall–Kier alpha value is -3.16. The maximum Gasteiger partial charge on any atom is 0.264 e. The minimum atomic E-state index is 0.129. The summed E-state index contributed by atoms with van der Waals surface area (Å²) < 4.78 is 7.90. The van der Waals surface area contributed by atoms with E-state index in [1.54, 1.807) is 11.3 Å². The average Bonchev–Trinajstić information content (AvgIpc) is 3.43. The maximum absolute atomic E-state index is 13.2. The maximum atomic E-state index is 13.2. The van der Waals surface area contributed by atoms with E-state index in [2.05, 4.69) is 21.6 Å². The van der Waals surface area contributed by atoms with Crippen LogP contribution in [0.3, 0.4) is 0 Å². The number of benzene rings is 1. The van der Waals surface area contributed by atoms with Crippen LogP contribution in [-0.2, 0) is 13.2 Å². The normalized spacial score (nSPS) is 16.1. The first-order chi connectivity index (χ1) is 15.2. The van der Waals surface area contributed by atoms with Crippen molar-refractivity contribution < 1.29 is 9.53 Å². The molecule has 1 saturated heterocycles. The van der Waals surface area contributed by atoms with Gasteiger partial charge in [-0.25, -0.2) is 4.98 Å². The van der Waals surface area contributed by atoms with Crippen molar-refractivity contribution in [1.29, 1.82) is 0 Å². The molecule has 6 rings (SSSR count). The van der Waals surface area contributed by atoms with Gasteiger partial charge in [0.25, 0.3) is 5.91 Å². The third-order valence-corrected chi connectivity index (χ3v) is 7.19. The van der Waals surface area contributed by atoms with E-state index in [4.69, 9.17) is 9.72 Å². The predicted octanol–water partition coefficient (Wildman–Crippen LogP) is 3.91. The Kier molecular flexibility index (Phi) is 4.51. The number of ether oxygens (including phenoxy) is 1. The number of pyridine rings is 1. The second-order valence-electron chi connectivity index (χ2n) is 8.02. The molecule has 6 nitrogen and oxygen atoms in total. The van der Waals surface area contributed by atoms with Gasteiger partial charge in [0.2, 0.25) is 0 Å². The van der Waals surface area contributed by atoms with E-state index in [1.165, 1.54) is 0 Å². The Morgan fingerprint density at radius 3 is 2.77 bits per heavy atom. The minimum Gasteiger partial charge on any atom is -0.488 e. The lowest BCUT2D eigenvalue weighted by Crippen LogP contribution is -2.48. The Balaban J connectivity index is 1.13. The third-order valence-electron chi connectivity index (χ3n) is 5.99. The van der Waals surface area contributed by atoms with E-state index >= 15 is 0 Å². The predicted molar refractivity (Wildman–Crippen MR) is 120 cm³/mol. The highest BCUT2D eigenvalue weighted by Gasteiger charge is 2.27. The van der Waals surface area contributed by atoms with Crippen LogP contribution in [0.5, 0.6) is 5.75 Å². The minimum absolute atomic E-state index is 0.129. The topological polar surface area (TPSA) is 50.1 Å². The molecule has 1 amide bonds. The first-order valence-electron chi connectivity index (χ1n) is 10.5. The van der Waals surface area contributed by atoms with Gasteiger partial charge in [0, 0.05) is 61.1 Å². The van der Waals surface area contributed by atoms with E-state index in [1.807, 2.05) is 53.6 Å². The van der Waals surface area contributed by atoms with Crippen molar-refractivity contribution in [2.45, 2.75) is 13.2 Å². The van der Waals surface area contributed by atoms with Gasteiger partial charge in [0.05, 0.1) is 10.6 Å². The second-order valence-corrected chi connectivity index (χ2v) is 9.07. The van der Waals surface area contributed by atoms with Crippen molar-refractivity contribution >= 4 is 22.9 Å². The van der Waals surface area contributed by atoms with Crippen LogP contribution in [0.15, 0.2) is 60.9 Å². The number of imidazole rings is 1. The van der Waals surface area contributed by atoms with Gasteiger partial charge in [-0.1, -0.05) is 18.2 Å². The molecule has 0 radical (unpaired) electrons. The number of thiophene rings is 1. The molecule has 1 fully saturated rings. The SMILES string of the molecule is O=C(c1cc2c(s1)-c1ccccc1OC2)N1CCN(Cc2cn3ccccc3n2)CC1. The quantitative estimate of drug-likeness (QED) is 0.495. The number of hydrogen-bond donors (Lipinski definition) is 0. The molecule has 5 heterocycles. The summed E-state index contributed by atoms with van der Waals surface area (Å²) in [5, 5.41) is 0. The van der Waals surface area contributed by atoms with E-state index < -0.39 is 0 Å². The Morgan fingerprint density at radius 2 is 1.90 bits per heavy atom. The van der Waals surface area contributed by atoms with Crippen LogP contribution < -0.4 is 4.74 Å². The summed E-state index contributed by atoms with van der Waals surface area (Å²) in [6.07, 6.45) is 4.11. The molecule has 0 atom stereocenters. The highest BCUT2D eigenvalue weighted by atomic mass is 32.1. The summed E-state index contributed by atoms with van der Waals surface area (Å²) in [5.41, 5.74) is 4.23. The number of piperazine rings is 1. The fraction of sp³-hybridized carbons (Fsp3) is 0.250. The van der Waals surface area contributed by atoms with Gasteiger partial charge < -0.3 is 14.0 Å². The number of carbonyl (C=O) groups is 1. The molecule has 0 N–H and O–H groups in total. The monoisotopic (exact) mass is 430 g/mol. The Labute approximate surface area is 184 Å². The molecule has 3 aromatic heterocycles. The van der Waals surface area contributed by atoms with Crippen LogP contribution >= 0.6 is 11.3 Å². The zero-order chi connectivity index (χ0) is 20.8. The van der Waals surface area contributed by atoms with E-state index in [0.29, 0.717) is 6.61 Å². The summed E-state index contributed by atoms with van der Waals surface area (Å²) in [7, 11) is 0. The molecule has 2 aliphatic rings. The number of amides is 1. The van der Waals surface area contributed by atoms with Crippen molar-refractivity contribution in [2.75, 3.05) is 26.2 Å². The van der Waals surface area contributed by atoms with E-state index in [0.717, 1.165) is 70.7 Å². The zero-order valence-electron chi connectivity index (χ0n) is 17.0. The molecule has 4 aromatic rings. The van der Waals surface area contributed by atoms with Crippen molar-refractivity contribution in [3.05, 3.63) is 77.1 Å². The molecular weight excluding hydrogens is 408 g/mol. The first kappa shape index (κ1) is 18.6. The molecule has 0 aliphatic carbocycles. The van der Waals surface area contributed by atoms with Gasteiger partial charge in [-0.2, -0.15) is 0 Å². The molecule has 2 aliphatic heterocycles. The molecule has 156 valence electrons. The van der Waals surface area contributed by atoms with Gasteiger partial charge in [-0.3, -0.25) is 9.69 Å². The molecule has 1 aromatic carbocycles. The largest absolute Gasteiger partial charge is 0.488 e. The molecule has 7 heteroatoms. The number of rotatable bonds is 3. The van der Waals surface area contributed by atoms with Crippen molar-refractivity contribution in [2.24, 2.45) is 0 Å². The number of aromatic nitrogens is 2. The van der Waals surface area contributed by atoms with Crippen LogP contribution in [0.1, 0.15) is 20.9 Å². The summed E-state index contributed by atoms with van der Waals surface area (Å²) in [4.78, 5) is 24.2.